The Labute approximate surface area is 149 Å². The van der Waals surface area contributed by atoms with Gasteiger partial charge in [0.2, 0.25) is 0 Å². The van der Waals surface area contributed by atoms with E-state index in [1.807, 2.05) is 12.1 Å². The molecule has 0 bridgehead atoms. The molecule has 0 aliphatic heterocycles. The first-order valence-electron chi connectivity index (χ1n) is 7.73. The van der Waals surface area contributed by atoms with Gasteiger partial charge in [-0.25, -0.2) is 4.79 Å². The van der Waals surface area contributed by atoms with Gasteiger partial charge in [0.05, 0.1) is 17.6 Å². The summed E-state index contributed by atoms with van der Waals surface area (Å²) in [6, 6.07) is 11.3. The van der Waals surface area contributed by atoms with E-state index in [1.165, 1.54) is 32.2 Å². The summed E-state index contributed by atoms with van der Waals surface area (Å²) >= 11 is 0. The summed E-state index contributed by atoms with van der Waals surface area (Å²) in [5.74, 6) is -0.650. The summed E-state index contributed by atoms with van der Waals surface area (Å²) in [4.78, 5) is 34.3. The van der Waals surface area contributed by atoms with E-state index < -0.39 is 23.4 Å². The van der Waals surface area contributed by atoms with Gasteiger partial charge in [0.15, 0.2) is 6.61 Å². The number of nitro groups is 1. The van der Waals surface area contributed by atoms with Crippen molar-refractivity contribution in [2.75, 3.05) is 13.7 Å². The summed E-state index contributed by atoms with van der Waals surface area (Å²) in [5, 5.41) is 13.5. The molecule has 8 heteroatoms. The zero-order valence-corrected chi connectivity index (χ0v) is 14.4. The molecule has 2 aromatic rings. The average Bonchev–Trinajstić information content (AvgIpc) is 2.64. The van der Waals surface area contributed by atoms with Crippen molar-refractivity contribution in [3.05, 3.63) is 69.3 Å². The number of nitro benzene ring substituents is 1. The van der Waals surface area contributed by atoms with E-state index in [0.29, 0.717) is 5.75 Å². The highest BCUT2D eigenvalue weighted by Crippen LogP contribution is 2.21. The highest BCUT2D eigenvalue weighted by atomic mass is 16.6. The number of benzene rings is 2. The van der Waals surface area contributed by atoms with Crippen molar-refractivity contribution in [3.8, 4) is 5.75 Å². The molecule has 136 valence electrons. The Kier molecular flexibility index (Phi) is 6.26. The zero-order valence-electron chi connectivity index (χ0n) is 14.4. The standard InChI is InChI=1S/C18H18N2O6/c1-12-14(7-5-8-15(12)20(23)24)18(22)26-11-17(21)19-10-13-6-3-4-9-16(13)25-2/h3-9H,10-11H2,1-2H3,(H,19,21). The Balaban J connectivity index is 1.92. The van der Waals surface area contributed by atoms with Gasteiger partial charge in [-0.3, -0.25) is 14.9 Å². The van der Waals surface area contributed by atoms with Crippen LogP contribution in [0.15, 0.2) is 42.5 Å². The lowest BCUT2D eigenvalue weighted by Crippen LogP contribution is -2.28. The smallest absolute Gasteiger partial charge is 0.339 e. The fourth-order valence-electron chi connectivity index (χ4n) is 2.35. The van der Waals surface area contributed by atoms with Crippen LogP contribution in [-0.4, -0.2) is 30.5 Å². The molecule has 0 heterocycles. The minimum absolute atomic E-state index is 0.0525. The lowest BCUT2D eigenvalue weighted by atomic mass is 10.1. The van der Waals surface area contributed by atoms with E-state index in [0.717, 1.165) is 5.56 Å². The van der Waals surface area contributed by atoms with Gasteiger partial charge in [-0.2, -0.15) is 0 Å². The van der Waals surface area contributed by atoms with Crippen molar-refractivity contribution >= 4 is 17.6 Å². The Hall–Kier alpha value is -3.42. The third-order valence-corrected chi connectivity index (χ3v) is 3.72. The topological polar surface area (TPSA) is 108 Å². The monoisotopic (exact) mass is 358 g/mol. The van der Waals surface area contributed by atoms with E-state index in [2.05, 4.69) is 5.32 Å². The van der Waals surface area contributed by atoms with Gasteiger partial charge in [0, 0.05) is 23.7 Å². The molecular weight excluding hydrogens is 340 g/mol. The number of carbonyl (C=O) groups is 2. The van der Waals surface area contributed by atoms with Crippen LogP contribution in [0.2, 0.25) is 0 Å². The van der Waals surface area contributed by atoms with Crippen molar-refractivity contribution in [3.63, 3.8) is 0 Å². The van der Waals surface area contributed by atoms with Crippen LogP contribution in [0.5, 0.6) is 5.75 Å². The Morgan fingerprint density at radius 3 is 2.58 bits per heavy atom. The van der Waals surface area contributed by atoms with Crippen molar-refractivity contribution < 1.29 is 24.0 Å². The number of carbonyl (C=O) groups excluding carboxylic acids is 2. The highest BCUT2D eigenvalue weighted by Gasteiger charge is 2.19. The highest BCUT2D eigenvalue weighted by molar-refractivity contribution is 5.93. The number of rotatable bonds is 7. The molecule has 0 atom stereocenters. The van der Waals surface area contributed by atoms with E-state index in [4.69, 9.17) is 9.47 Å². The predicted octanol–water partition coefficient (Wildman–Crippen LogP) is 2.39. The molecule has 0 radical (unpaired) electrons. The number of methoxy groups -OCH3 is 1. The van der Waals surface area contributed by atoms with E-state index in [1.54, 1.807) is 12.1 Å². The number of hydrogen-bond donors (Lipinski definition) is 1. The zero-order chi connectivity index (χ0) is 19.1. The summed E-state index contributed by atoms with van der Waals surface area (Å²) < 4.78 is 10.1. The molecule has 0 unspecified atom stereocenters. The van der Waals surface area contributed by atoms with Gasteiger partial charge in [-0.15, -0.1) is 0 Å². The van der Waals surface area contributed by atoms with Gasteiger partial charge >= 0.3 is 5.97 Å². The van der Waals surface area contributed by atoms with Gasteiger partial charge in [-0.1, -0.05) is 24.3 Å². The molecule has 1 amide bonds. The first kappa shape index (κ1) is 18.9. The van der Waals surface area contributed by atoms with Crippen LogP contribution in [-0.2, 0) is 16.1 Å². The van der Waals surface area contributed by atoms with Gasteiger partial charge < -0.3 is 14.8 Å². The second-order valence-corrected chi connectivity index (χ2v) is 5.37. The van der Waals surface area contributed by atoms with Crippen LogP contribution < -0.4 is 10.1 Å². The first-order valence-corrected chi connectivity index (χ1v) is 7.73. The maximum Gasteiger partial charge on any atom is 0.339 e. The van der Waals surface area contributed by atoms with Crippen LogP contribution >= 0.6 is 0 Å². The van der Waals surface area contributed by atoms with E-state index >= 15 is 0 Å². The second-order valence-electron chi connectivity index (χ2n) is 5.37. The number of amides is 1. The van der Waals surface area contributed by atoms with Crippen LogP contribution in [0, 0.1) is 17.0 Å². The Morgan fingerprint density at radius 2 is 1.88 bits per heavy atom. The van der Waals surface area contributed by atoms with Crippen molar-refractivity contribution in [1.29, 1.82) is 0 Å². The van der Waals surface area contributed by atoms with Crippen molar-refractivity contribution in [2.24, 2.45) is 0 Å². The normalized spacial score (nSPS) is 10.1. The number of hydrogen-bond acceptors (Lipinski definition) is 6. The molecule has 1 N–H and O–H groups in total. The average molecular weight is 358 g/mol. The third-order valence-electron chi connectivity index (χ3n) is 3.72. The number of para-hydroxylation sites is 1. The maximum absolute atomic E-state index is 12.1. The van der Waals surface area contributed by atoms with E-state index in [-0.39, 0.29) is 23.4 Å². The molecule has 0 saturated heterocycles. The summed E-state index contributed by atoms with van der Waals surface area (Å²) in [5.41, 5.74) is 0.845. The Morgan fingerprint density at radius 1 is 1.15 bits per heavy atom. The minimum atomic E-state index is -0.793. The van der Waals surface area contributed by atoms with Crippen LogP contribution in [0.1, 0.15) is 21.5 Å². The van der Waals surface area contributed by atoms with Gasteiger partial charge in [0.1, 0.15) is 5.75 Å². The van der Waals surface area contributed by atoms with Gasteiger partial charge in [-0.05, 0) is 19.1 Å². The largest absolute Gasteiger partial charge is 0.496 e. The lowest BCUT2D eigenvalue weighted by Gasteiger charge is -2.10. The molecule has 0 saturated carbocycles. The maximum atomic E-state index is 12.1. The summed E-state index contributed by atoms with van der Waals surface area (Å²) in [6.45, 7) is 1.18. The molecule has 0 aromatic heterocycles. The molecule has 0 fully saturated rings. The van der Waals surface area contributed by atoms with Crippen LogP contribution in [0.25, 0.3) is 0 Å². The number of esters is 1. The molecule has 0 aliphatic carbocycles. The second kappa shape index (κ2) is 8.61. The summed E-state index contributed by atoms with van der Waals surface area (Å²) in [6.07, 6.45) is 0. The fraction of sp³-hybridized carbons (Fsp3) is 0.222. The molecule has 8 nitrogen and oxygen atoms in total. The fourth-order valence-corrected chi connectivity index (χ4v) is 2.35. The third kappa shape index (κ3) is 4.56. The van der Waals surface area contributed by atoms with Gasteiger partial charge in [0.25, 0.3) is 11.6 Å². The number of nitrogens with zero attached hydrogens (tertiary/aromatic N) is 1. The predicted molar refractivity (Wildman–Crippen MR) is 93.0 cm³/mol. The van der Waals surface area contributed by atoms with Crippen LogP contribution in [0.4, 0.5) is 5.69 Å². The summed E-state index contributed by atoms with van der Waals surface area (Å²) in [7, 11) is 1.53. The SMILES string of the molecule is COc1ccccc1CNC(=O)COC(=O)c1cccc([N+](=O)[O-])c1C. The number of ether oxygens (including phenoxy) is 2. The first-order chi connectivity index (χ1) is 12.4. The van der Waals surface area contributed by atoms with Crippen molar-refractivity contribution in [2.45, 2.75) is 13.5 Å². The quantitative estimate of drug-likeness (QED) is 0.462. The molecular formula is C18H18N2O6. The molecule has 0 spiro atoms. The van der Waals surface area contributed by atoms with E-state index in [9.17, 15) is 19.7 Å². The molecule has 0 aliphatic rings. The van der Waals surface area contributed by atoms with Crippen LogP contribution in [0.3, 0.4) is 0 Å². The van der Waals surface area contributed by atoms with Crippen molar-refractivity contribution in [1.82, 2.24) is 5.32 Å². The molecule has 2 rings (SSSR count). The lowest BCUT2D eigenvalue weighted by molar-refractivity contribution is -0.385. The molecule has 2 aromatic carbocycles. The molecule has 26 heavy (non-hydrogen) atoms. The minimum Gasteiger partial charge on any atom is -0.496 e. The number of nitrogens with one attached hydrogen (secondary N) is 1. The Bertz CT molecular complexity index is 834.